The molecular weight excluding hydrogens is 355 g/mol. The number of hydrogen-bond acceptors (Lipinski definition) is 4. The first-order chi connectivity index (χ1) is 11.8. The maximum Gasteiger partial charge on any atom is 0.422 e. The van der Waals surface area contributed by atoms with Crippen LogP contribution in [0.5, 0.6) is 5.75 Å². The van der Waals surface area contributed by atoms with Gasteiger partial charge in [0.25, 0.3) is 0 Å². The highest BCUT2D eigenvalue weighted by molar-refractivity contribution is 7.84. The number of H-pyrrole nitrogens is 1. The maximum absolute atomic E-state index is 12.5. The fourth-order valence-corrected chi connectivity index (χ4v) is 3.30. The molecular formula is C16H14F3N3O2S. The normalized spacial score (nSPS) is 13.1. The number of benzene rings is 1. The number of nitrogens with one attached hydrogen (secondary N) is 1. The van der Waals surface area contributed by atoms with E-state index in [1.165, 1.54) is 18.2 Å². The lowest BCUT2D eigenvalue weighted by molar-refractivity contribution is -0.153. The van der Waals surface area contributed by atoms with Crippen LogP contribution in [-0.4, -0.2) is 31.9 Å². The van der Waals surface area contributed by atoms with Crippen LogP contribution >= 0.6 is 0 Å². The molecule has 25 heavy (non-hydrogen) atoms. The third-order valence-corrected chi connectivity index (χ3v) is 4.60. The van der Waals surface area contributed by atoms with E-state index in [9.17, 15) is 17.4 Å². The van der Waals surface area contributed by atoms with Crippen LogP contribution in [0.2, 0.25) is 0 Å². The van der Waals surface area contributed by atoms with Gasteiger partial charge in [-0.2, -0.15) is 13.2 Å². The van der Waals surface area contributed by atoms with Crippen molar-refractivity contribution in [3.63, 3.8) is 0 Å². The van der Waals surface area contributed by atoms with Gasteiger partial charge in [-0.25, -0.2) is 4.98 Å². The van der Waals surface area contributed by atoms with E-state index < -0.39 is 23.6 Å². The van der Waals surface area contributed by atoms with Gasteiger partial charge in [-0.15, -0.1) is 0 Å². The van der Waals surface area contributed by atoms with Gasteiger partial charge in [-0.05, 0) is 30.7 Å². The molecule has 0 saturated heterocycles. The Bertz CT molecular complexity index is 924. The molecule has 1 N–H and O–H groups in total. The molecule has 1 atom stereocenters. The monoisotopic (exact) mass is 369 g/mol. The van der Waals surface area contributed by atoms with E-state index in [2.05, 4.69) is 15.0 Å². The van der Waals surface area contributed by atoms with Crippen molar-refractivity contribution < 1.29 is 22.1 Å². The lowest BCUT2D eigenvalue weighted by Gasteiger charge is -2.08. The Morgan fingerprint density at radius 1 is 1.28 bits per heavy atom. The molecule has 5 nitrogen and oxygen atoms in total. The Labute approximate surface area is 143 Å². The average Bonchev–Trinajstić information content (AvgIpc) is 2.98. The first kappa shape index (κ1) is 17.4. The summed E-state index contributed by atoms with van der Waals surface area (Å²) in [5.41, 5.74) is 2.59. The minimum atomic E-state index is -4.41. The molecule has 0 saturated carbocycles. The van der Waals surface area contributed by atoms with Crippen LogP contribution in [0.3, 0.4) is 0 Å². The summed E-state index contributed by atoms with van der Waals surface area (Å²) in [6, 6.07) is 7.99. The van der Waals surface area contributed by atoms with Gasteiger partial charge in [0.2, 0.25) is 0 Å². The molecule has 0 amide bonds. The first-order valence-electron chi connectivity index (χ1n) is 7.30. The van der Waals surface area contributed by atoms with E-state index >= 15 is 0 Å². The number of ether oxygens (including phenoxy) is 1. The second-order valence-electron chi connectivity index (χ2n) is 5.38. The van der Waals surface area contributed by atoms with Crippen LogP contribution in [0, 0.1) is 6.92 Å². The number of pyridine rings is 1. The van der Waals surface area contributed by atoms with Gasteiger partial charge in [0.05, 0.1) is 33.3 Å². The second-order valence-corrected chi connectivity index (χ2v) is 6.75. The zero-order valence-electron chi connectivity index (χ0n) is 13.1. The molecule has 3 rings (SSSR count). The summed E-state index contributed by atoms with van der Waals surface area (Å²) >= 11 is 0. The molecule has 0 bridgehead atoms. The number of hydrogen-bond donors (Lipinski definition) is 1. The Morgan fingerprint density at radius 2 is 2.08 bits per heavy atom. The standard InChI is InChI=1S/C16H14F3N3O2S/c1-10-3-2-6-20-14(10)8-25(23)15-21-12-5-4-11(7-13(12)22-15)24-9-16(17,18)19/h2-7H,8-9H2,1H3,(H,21,22). The van der Waals surface area contributed by atoms with Crippen molar-refractivity contribution in [2.75, 3.05) is 6.61 Å². The summed E-state index contributed by atoms with van der Waals surface area (Å²) in [4.78, 5) is 11.3. The second kappa shape index (κ2) is 6.83. The smallest absolute Gasteiger partial charge is 0.422 e. The lowest BCUT2D eigenvalue weighted by Crippen LogP contribution is -2.19. The lowest BCUT2D eigenvalue weighted by atomic mass is 10.2. The van der Waals surface area contributed by atoms with E-state index in [0.29, 0.717) is 16.7 Å². The van der Waals surface area contributed by atoms with Crippen molar-refractivity contribution in [2.24, 2.45) is 0 Å². The third kappa shape index (κ3) is 4.36. The van der Waals surface area contributed by atoms with Crippen LogP contribution < -0.4 is 4.74 Å². The number of halogens is 3. The van der Waals surface area contributed by atoms with Gasteiger partial charge >= 0.3 is 6.18 Å². The number of aromatic nitrogens is 3. The Morgan fingerprint density at radius 3 is 2.80 bits per heavy atom. The van der Waals surface area contributed by atoms with E-state index in [0.717, 1.165) is 5.56 Å². The molecule has 0 aliphatic rings. The molecule has 2 aromatic heterocycles. The minimum Gasteiger partial charge on any atom is -0.484 e. The maximum atomic E-state index is 12.5. The fraction of sp³-hybridized carbons (Fsp3) is 0.250. The molecule has 1 unspecified atom stereocenters. The molecule has 0 fully saturated rings. The molecule has 3 aromatic rings. The number of fused-ring (bicyclic) bond motifs is 1. The number of aryl methyl sites for hydroxylation is 1. The first-order valence-corrected chi connectivity index (χ1v) is 8.62. The van der Waals surface area contributed by atoms with Crippen LogP contribution in [0.1, 0.15) is 11.3 Å². The van der Waals surface area contributed by atoms with Gasteiger partial charge in [0, 0.05) is 12.3 Å². The molecule has 0 radical (unpaired) electrons. The predicted molar refractivity (Wildman–Crippen MR) is 86.7 cm³/mol. The van der Waals surface area contributed by atoms with Gasteiger partial charge in [-0.1, -0.05) is 6.07 Å². The van der Waals surface area contributed by atoms with E-state index in [1.54, 1.807) is 12.3 Å². The third-order valence-electron chi connectivity index (χ3n) is 3.44. The molecule has 2 heterocycles. The highest BCUT2D eigenvalue weighted by Crippen LogP contribution is 2.23. The highest BCUT2D eigenvalue weighted by atomic mass is 32.2. The molecule has 0 aliphatic carbocycles. The molecule has 0 spiro atoms. The summed E-state index contributed by atoms with van der Waals surface area (Å²) < 4.78 is 53.8. The topological polar surface area (TPSA) is 67.9 Å². The Kier molecular flexibility index (Phi) is 4.76. The number of imidazole rings is 1. The van der Waals surface area contributed by atoms with Crippen LogP contribution in [0.4, 0.5) is 13.2 Å². The van der Waals surface area contributed by atoms with Crippen molar-refractivity contribution in [1.82, 2.24) is 15.0 Å². The summed E-state index contributed by atoms with van der Waals surface area (Å²) in [6.07, 6.45) is -2.78. The van der Waals surface area contributed by atoms with Gasteiger partial charge < -0.3 is 9.72 Å². The van der Waals surface area contributed by atoms with Crippen molar-refractivity contribution in [3.05, 3.63) is 47.8 Å². The van der Waals surface area contributed by atoms with Gasteiger partial charge in [-0.3, -0.25) is 9.19 Å². The zero-order chi connectivity index (χ0) is 18.0. The Hall–Kier alpha value is -2.42. The van der Waals surface area contributed by atoms with Crippen LogP contribution in [0.15, 0.2) is 41.7 Å². The Balaban J connectivity index is 1.79. The molecule has 1 aromatic carbocycles. The summed E-state index contributed by atoms with van der Waals surface area (Å²) in [7, 11) is -1.45. The zero-order valence-corrected chi connectivity index (χ0v) is 13.9. The van der Waals surface area contributed by atoms with E-state index in [1.807, 2.05) is 13.0 Å². The predicted octanol–water partition coefficient (Wildman–Crippen LogP) is 3.52. The minimum absolute atomic E-state index is 0.0615. The van der Waals surface area contributed by atoms with Gasteiger partial charge in [0.1, 0.15) is 5.75 Å². The number of aromatic amines is 1. The summed E-state index contributed by atoms with van der Waals surface area (Å²) in [5.74, 6) is 0.260. The number of alkyl halides is 3. The summed E-state index contributed by atoms with van der Waals surface area (Å²) in [6.45, 7) is 0.507. The SMILES string of the molecule is Cc1cccnc1CS(=O)c1nc2ccc(OCC(F)(F)F)cc2[nH]1. The van der Waals surface area contributed by atoms with Crippen molar-refractivity contribution in [2.45, 2.75) is 24.0 Å². The van der Waals surface area contributed by atoms with Crippen molar-refractivity contribution in [3.8, 4) is 5.75 Å². The average molecular weight is 369 g/mol. The highest BCUT2D eigenvalue weighted by Gasteiger charge is 2.28. The van der Waals surface area contributed by atoms with E-state index in [-0.39, 0.29) is 16.7 Å². The van der Waals surface area contributed by atoms with Crippen molar-refractivity contribution in [1.29, 1.82) is 0 Å². The summed E-state index contributed by atoms with van der Waals surface area (Å²) in [5, 5.41) is 0.244. The van der Waals surface area contributed by atoms with Crippen molar-refractivity contribution >= 4 is 21.8 Å². The van der Waals surface area contributed by atoms with E-state index in [4.69, 9.17) is 4.74 Å². The molecule has 0 aliphatic heterocycles. The molecule has 9 heteroatoms. The largest absolute Gasteiger partial charge is 0.484 e. The van der Waals surface area contributed by atoms with Crippen LogP contribution in [-0.2, 0) is 16.6 Å². The van der Waals surface area contributed by atoms with Crippen LogP contribution in [0.25, 0.3) is 11.0 Å². The number of rotatable bonds is 5. The molecule has 132 valence electrons. The fourth-order valence-electron chi connectivity index (χ4n) is 2.19. The number of nitrogens with zero attached hydrogens (tertiary/aromatic N) is 2. The van der Waals surface area contributed by atoms with Gasteiger partial charge in [0.15, 0.2) is 11.8 Å². The quantitative estimate of drug-likeness (QED) is 0.747.